The van der Waals surface area contributed by atoms with Crippen molar-refractivity contribution in [3.05, 3.63) is 59.9 Å². The molecule has 0 atom stereocenters. The molecule has 2 N–H and O–H groups in total. The Balaban J connectivity index is 2.04. The van der Waals surface area contributed by atoms with E-state index in [4.69, 9.17) is 10.5 Å². The third-order valence-corrected chi connectivity index (χ3v) is 3.08. The molecule has 0 saturated heterocycles. The van der Waals surface area contributed by atoms with Crippen LogP contribution in [0, 0.1) is 5.82 Å². The van der Waals surface area contributed by atoms with Crippen LogP contribution in [0.1, 0.15) is 12.0 Å². The summed E-state index contributed by atoms with van der Waals surface area (Å²) in [5.74, 6) is -0.705. The van der Waals surface area contributed by atoms with Gasteiger partial charge >= 0.3 is 5.97 Å². The molecule has 0 spiro atoms. The van der Waals surface area contributed by atoms with Crippen molar-refractivity contribution in [1.82, 2.24) is 0 Å². The number of hydrogen-bond acceptors (Lipinski definition) is 3. The highest BCUT2D eigenvalue weighted by molar-refractivity contribution is 5.73. The molecule has 4 heteroatoms. The Morgan fingerprint density at radius 1 is 1.14 bits per heavy atom. The highest BCUT2D eigenvalue weighted by Gasteiger charge is 2.09. The van der Waals surface area contributed by atoms with Gasteiger partial charge in [-0.3, -0.25) is 4.79 Å². The lowest BCUT2D eigenvalue weighted by molar-refractivity contribution is -0.142. The smallest absolute Gasteiger partial charge is 0.310 e. The van der Waals surface area contributed by atoms with Crippen molar-refractivity contribution < 1.29 is 13.9 Å². The van der Waals surface area contributed by atoms with Crippen LogP contribution < -0.4 is 5.73 Å². The van der Waals surface area contributed by atoms with Crippen LogP contribution in [0.3, 0.4) is 0 Å². The van der Waals surface area contributed by atoms with E-state index in [1.54, 1.807) is 12.1 Å². The van der Waals surface area contributed by atoms with Gasteiger partial charge in [0.1, 0.15) is 5.82 Å². The second-order valence-electron chi connectivity index (χ2n) is 4.72. The standard InChI is InChI=1S/C17H18FNO2/c18-16-11-13(12-17(20)21-10-4-9-19)7-8-15(16)14-5-2-1-3-6-14/h1-3,5-8,11H,4,9-10,12,19H2. The summed E-state index contributed by atoms with van der Waals surface area (Å²) in [6.07, 6.45) is 0.698. The van der Waals surface area contributed by atoms with Gasteiger partial charge in [-0.2, -0.15) is 0 Å². The van der Waals surface area contributed by atoms with Crippen LogP contribution in [-0.2, 0) is 16.0 Å². The number of carbonyl (C=O) groups is 1. The number of carbonyl (C=O) groups excluding carboxylic acids is 1. The Kier molecular flexibility index (Phi) is 5.46. The lowest BCUT2D eigenvalue weighted by atomic mass is 10.0. The number of esters is 1. The van der Waals surface area contributed by atoms with Crippen molar-refractivity contribution in [2.45, 2.75) is 12.8 Å². The van der Waals surface area contributed by atoms with E-state index >= 15 is 0 Å². The Morgan fingerprint density at radius 3 is 2.57 bits per heavy atom. The van der Waals surface area contributed by atoms with Crippen LogP contribution in [0.2, 0.25) is 0 Å². The van der Waals surface area contributed by atoms with Crippen LogP contribution in [0.15, 0.2) is 48.5 Å². The first-order chi connectivity index (χ1) is 10.2. The van der Waals surface area contributed by atoms with Crippen molar-refractivity contribution >= 4 is 5.97 Å². The predicted molar refractivity (Wildman–Crippen MR) is 80.2 cm³/mol. The maximum atomic E-state index is 14.1. The van der Waals surface area contributed by atoms with Crippen molar-refractivity contribution in [2.75, 3.05) is 13.2 Å². The Labute approximate surface area is 123 Å². The number of benzene rings is 2. The minimum Gasteiger partial charge on any atom is -0.465 e. The summed E-state index contributed by atoms with van der Waals surface area (Å²) in [6.45, 7) is 0.785. The van der Waals surface area contributed by atoms with Gasteiger partial charge in [0, 0.05) is 5.56 Å². The molecule has 0 aromatic heterocycles. The second-order valence-corrected chi connectivity index (χ2v) is 4.72. The largest absolute Gasteiger partial charge is 0.465 e. The lowest BCUT2D eigenvalue weighted by Gasteiger charge is -2.07. The van der Waals surface area contributed by atoms with Crippen molar-refractivity contribution in [1.29, 1.82) is 0 Å². The molecule has 0 radical (unpaired) electrons. The summed E-state index contributed by atoms with van der Waals surface area (Å²) in [6, 6.07) is 14.1. The van der Waals surface area contributed by atoms with Crippen molar-refractivity contribution in [3.63, 3.8) is 0 Å². The van der Waals surface area contributed by atoms with Crippen LogP contribution in [0.4, 0.5) is 4.39 Å². The van der Waals surface area contributed by atoms with Gasteiger partial charge in [-0.25, -0.2) is 4.39 Å². The third kappa shape index (κ3) is 4.39. The van der Waals surface area contributed by atoms with E-state index < -0.39 is 0 Å². The van der Waals surface area contributed by atoms with Gasteiger partial charge in [0.15, 0.2) is 0 Å². The number of nitrogens with two attached hydrogens (primary N) is 1. The third-order valence-electron chi connectivity index (χ3n) is 3.08. The maximum Gasteiger partial charge on any atom is 0.310 e. The van der Waals surface area contributed by atoms with E-state index in [1.807, 2.05) is 30.3 Å². The zero-order chi connectivity index (χ0) is 15.1. The number of halogens is 1. The molecule has 110 valence electrons. The minimum absolute atomic E-state index is 0.0660. The van der Waals surface area contributed by atoms with E-state index in [9.17, 15) is 9.18 Å². The normalized spacial score (nSPS) is 10.4. The van der Waals surface area contributed by atoms with Crippen LogP contribution >= 0.6 is 0 Å². The summed E-state index contributed by atoms with van der Waals surface area (Å²) in [4.78, 5) is 11.6. The van der Waals surface area contributed by atoms with E-state index in [0.717, 1.165) is 5.56 Å². The summed E-state index contributed by atoms with van der Waals surface area (Å²) in [5.41, 5.74) is 7.26. The second kappa shape index (κ2) is 7.55. The summed E-state index contributed by atoms with van der Waals surface area (Å²) >= 11 is 0. The fourth-order valence-corrected chi connectivity index (χ4v) is 2.01. The first-order valence-electron chi connectivity index (χ1n) is 6.90. The molecule has 0 fully saturated rings. The Morgan fingerprint density at radius 2 is 1.90 bits per heavy atom. The zero-order valence-corrected chi connectivity index (χ0v) is 11.7. The SMILES string of the molecule is NCCCOC(=O)Cc1ccc(-c2ccccc2)c(F)c1. The first-order valence-corrected chi connectivity index (χ1v) is 6.90. The molecule has 0 unspecified atom stereocenters. The molecule has 2 aromatic rings. The van der Waals surface area contributed by atoms with Gasteiger partial charge in [0.2, 0.25) is 0 Å². The average molecular weight is 287 g/mol. The van der Waals surface area contributed by atoms with Crippen LogP contribution in [-0.4, -0.2) is 19.1 Å². The highest BCUT2D eigenvalue weighted by atomic mass is 19.1. The molecule has 2 aromatic carbocycles. The summed E-state index contributed by atoms with van der Waals surface area (Å²) in [5, 5.41) is 0. The van der Waals surface area contributed by atoms with E-state index in [1.165, 1.54) is 6.07 Å². The van der Waals surface area contributed by atoms with Gasteiger partial charge in [-0.1, -0.05) is 42.5 Å². The van der Waals surface area contributed by atoms with E-state index in [-0.39, 0.29) is 18.2 Å². The molecular weight excluding hydrogens is 269 g/mol. The monoisotopic (exact) mass is 287 g/mol. The average Bonchev–Trinajstić information content (AvgIpc) is 2.48. The van der Waals surface area contributed by atoms with Gasteiger partial charge in [-0.05, 0) is 30.2 Å². The Hall–Kier alpha value is -2.20. The van der Waals surface area contributed by atoms with Crippen LogP contribution in [0.25, 0.3) is 11.1 Å². The topological polar surface area (TPSA) is 52.3 Å². The Bertz CT molecular complexity index is 599. The molecular formula is C17H18FNO2. The van der Waals surface area contributed by atoms with Crippen molar-refractivity contribution in [2.24, 2.45) is 5.73 Å². The molecule has 0 aliphatic carbocycles. The molecule has 0 heterocycles. The van der Waals surface area contributed by atoms with Gasteiger partial charge in [0.05, 0.1) is 13.0 Å². The molecule has 2 rings (SSSR count). The summed E-state index contributed by atoms with van der Waals surface area (Å²) in [7, 11) is 0. The highest BCUT2D eigenvalue weighted by Crippen LogP contribution is 2.23. The van der Waals surface area contributed by atoms with E-state index in [2.05, 4.69) is 0 Å². The number of ether oxygens (including phenoxy) is 1. The first kappa shape index (κ1) is 15.2. The quantitative estimate of drug-likeness (QED) is 0.656. The van der Waals surface area contributed by atoms with Gasteiger partial charge < -0.3 is 10.5 Å². The number of rotatable bonds is 6. The fraction of sp³-hybridized carbons (Fsp3) is 0.235. The molecule has 21 heavy (non-hydrogen) atoms. The van der Waals surface area contributed by atoms with Crippen molar-refractivity contribution in [3.8, 4) is 11.1 Å². The molecule has 0 saturated carbocycles. The molecule has 0 amide bonds. The zero-order valence-electron chi connectivity index (χ0n) is 11.7. The maximum absolute atomic E-state index is 14.1. The number of hydrogen-bond donors (Lipinski definition) is 1. The van der Waals surface area contributed by atoms with Crippen LogP contribution in [0.5, 0.6) is 0 Å². The molecule has 0 aliphatic rings. The summed E-state index contributed by atoms with van der Waals surface area (Å²) < 4.78 is 19.1. The predicted octanol–water partition coefficient (Wildman–Crippen LogP) is 2.93. The molecule has 0 bridgehead atoms. The fourth-order valence-electron chi connectivity index (χ4n) is 2.01. The molecule has 0 aliphatic heterocycles. The lowest BCUT2D eigenvalue weighted by Crippen LogP contribution is -2.12. The molecule has 3 nitrogen and oxygen atoms in total. The van der Waals surface area contributed by atoms with Gasteiger partial charge in [-0.15, -0.1) is 0 Å². The minimum atomic E-state index is -0.365. The van der Waals surface area contributed by atoms with Gasteiger partial charge in [0.25, 0.3) is 0 Å². The van der Waals surface area contributed by atoms with E-state index in [0.29, 0.717) is 30.7 Å².